The van der Waals surface area contributed by atoms with E-state index in [9.17, 15) is 14.7 Å². The molecule has 0 aromatic heterocycles. The highest BCUT2D eigenvalue weighted by atomic mass is 16.5. The fraction of sp³-hybridized carbons (Fsp3) is 0.600. The third kappa shape index (κ3) is 5.68. The summed E-state index contributed by atoms with van der Waals surface area (Å²) in [6, 6.07) is 7.36. The van der Waals surface area contributed by atoms with E-state index in [2.05, 4.69) is 10.6 Å². The van der Waals surface area contributed by atoms with E-state index in [0.29, 0.717) is 19.4 Å². The summed E-state index contributed by atoms with van der Waals surface area (Å²) in [6.07, 6.45) is 2.80. The monoisotopic (exact) mass is 376 g/mol. The Balaban J connectivity index is 1.43. The van der Waals surface area contributed by atoms with Crippen LogP contribution in [-0.4, -0.2) is 48.9 Å². The SMILES string of the molecule is COc1cccc(CNC(=O)C[C@@H]2CC[C@@H](NC(=O)C3CC3)[C@@H](CO)O2)c1. The minimum atomic E-state index is -0.461. The van der Waals surface area contributed by atoms with Gasteiger partial charge in [-0.15, -0.1) is 0 Å². The highest BCUT2D eigenvalue weighted by molar-refractivity contribution is 5.81. The van der Waals surface area contributed by atoms with Crippen molar-refractivity contribution in [2.45, 2.75) is 56.9 Å². The molecule has 7 heteroatoms. The van der Waals surface area contributed by atoms with Gasteiger partial charge in [0, 0.05) is 12.5 Å². The third-order valence-electron chi connectivity index (χ3n) is 5.11. The smallest absolute Gasteiger partial charge is 0.223 e. The minimum absolute atomic E-state index is 0.0523. The first-order chi connectivity index (χ1) is 13.1. The number of amides is 2. The lowest BCUT2D eigenvalue weighted by Gasteiger charge is -2.36. The molecule has 2 amide bonds. The second kappa shape index (κ2) is 9.19. The van der Waals surface area contributed by atoms with Crippen LogP contribution < -0.4 is 15.4 Å². The maximum Gasteiger partial charge on any atom is 0.223 e. The largest absolute Gasteiger partial charge is 0.497 e. The molecule has 3 atom stereocenters. The van der Waals surface area contributed by atoms with Gasteiger partial charge in [-0.05, 0) is 43.4 Å². The van der Waals surface area contributed by atoms with E-state index < -0.39 is 6.10 Å². The fourth-order valence-corrected chi connectivity index (χ4v) is 3.36. The quantitative estimate of drug-likeness (QED) is 0.632. The number of hydrogen-bond donors (Lipinski definition) is 3. The third-order valence-corrected chi connectivity index (χ3v) is 5.11. The Morgan fingerprint density at radius 3 is 2.78 bits per heavy atom. The van der Waals surface area contributed by atoms with Gasteiger partial charge in [-0.3, -0.25) is 9.59 Å². The Morgan fingerprint density at radius 2 is 2.07 bits per heavy atom. The average Bonchev–Trinajstić information content (AvgIpc) is 3.53. The second-order valence-electron chi connectivity index (χ2n) is 7.28. The maximum atomic E-state index is 12.2. The van der Waals surface area contributed by atoms with E-state index in [1.54, 1.807) is 7.11 Å². The molecule has 0 unspecified atom stereocenters. The van der Waals surface area contributed by atoms with E-state index in [0.717, 1.165) is 24.2 Å². The molecule has 148 valence electrons. The summed E-state index contributed by atoms with van der Waals surface area (Å²) < 4.78 is 11.0. The Morgan fingerprint density at radius 1 is 1.26 bits per heavy atom. The number of hydrogen-bond acceptors (Lipinski definition) is 5. The highest BCUT2D eigenvalue weighted by Crippen LogP contribution is 2.30. The number of nitrogens with one attached hydrogen (secondary N) is 2. The lowest BCUT2D eigenvalue weighted by Crippen LogP contribution is -2.51. The van der Waals surface area contributed by atoms with Crippen molar-refractivity contribution in [3.05, 3.63) is 29.8 Å². The maximum absolute atomic E-state index is 12.2. The van der Waals surface area contributed by atoms with Crippen molar-refractivity contribution >= 4 is 11.8 Å². The van der Waals surface area contributed by atoms with E-state index in [1.807, 2.05) is 24.3 Å². The summed E-state index contributed by atoms with van der Waals surface area (Å²) in [5.74, 6) is 0.836. The van der Waals surface area contributed by atoms with Crippen LogP contribution in [0, 0.1) is 5.92 Å². The molecule has 1 aliphatic carbocycles. The zero-order valence-electron chi connectivity index (χ0n) is 15.6. The molecular formula is C20H28N2O5. The van der Waals surface area contributed by atoms with Crippen molar-refractivity contribution in [2.75, 3.05) is 13.7 Å². The molecule has 1 aliphatic heterocycles. The van der Waals surface area contributed by atoms with Crippen LogP contribution in [0.5, 0.6) is 5.75 Å². The number of methoxy groups -OCH3 is 1. The van der Waals surface area contributed by atoms with Gasteiger partial charge in [0.05, 0.1) is 32.3 Å². The Bertz CT molecular complexity index is 662. The predicted octanol–water partition coefficient (Wildman–Crippen LogP) is 1.14. The van der Waals surface area contributed by atoms with Crippen molar-refractivity contribution in [3.63, 3.8) is 0 Å². The summed E-state index contributed by atoms with van der Waals surface area (Å²) in [7, 11) is 1.61. The molecule has 1 saturated heterocycles. The molecule has 0 spiro atoms. The van der Waals surface area contributed by atoms with Gasteiger partial charge in [0.2, 0.25) is 11.8 Å². The molecule has 27 heavy (non-hydrogen) atoms. The molecule has 0 bridgehead atoms. The minimum Gasteiger partial charge on any atom is -0.497 e. The standard InChI is InChI=1S/C20H28N2O5/c1-26-15-4-2-3-13(9-15)11-21-19(24)10-16-7-8-17(18(12-23)27-16)22-20(25)14-5-6-14/h2-4,9,14,16-18,23H,5-8,10-12H2,1H3,(H,21,24)(H,22,25)/t16-,17+,18+/m0/s1. The number of carbonyl (C=O) groups excluding carboxylic acids is 2. The topological polar surface area (TPSA) is 96.9 Å². The lowest BCUT2D eigenvalue weighted by atomic mass is 9.96. The Kier molecular flexibility index (Phi) is 6.68. The van der Waals surface area contributed by atoms with Gasteiger partial charge < -0.3 is 25.2 Å². The zero-order valence-corrected chi connectivity index (χ0v) is 15.6. The van der Waals surface area contributed by atoms with Crippen LogP contribution in [0.15, 0.2) is 24.3 Å². The number of carbonyl (C=O) groups is 2. The van der Waals surface area contributed by atoms with Crippen molar-refractivity contribution in [2.24, 2.45) is 5.92 Å². The second-order valence-corrected chi connectivity index (χ2v) is 7.28. The van der Waals surface area contributed by atoms with Crippen LogP contribution in [0.1, 0.15) is 37.7 Å². The van der Waals surface area contributed by atoms with Crippen LogP contribution >= 0.6 is 0 Å². The molecule has 2 aliphatic rings. The Labute approximate surface area is 159 Å². The van der Waals surface area contributed by atoms with Crippen LogP contribution in [0.2, 0.25) is 0 Å². The molecule has 1 heterocycles. The van der Waals surface area contributed by atoms with Gasteiger partial charge in [0.1, 0.15) is 11.9 Å². The number of aliphatic hydroxyl groups is 1. The molecule has 1 aromatic rings. The predicted molar refractivity (Wildman–Crippen MR) is 99.1 cm³/mol. The Hall–Kier alpha value is -2.12. The molecule has 1 saturated carbocycles. The summed E-state index contributed by atoms with van der Waals surface area (Å²) in [5, 5.41) is 15.5. The molecule has 2 fully saturated rings. The summed E-state index contributed by atoms with van der Waals surface area (Å²) in [6.45, 7) is 0.254. The van der Waals surface area contributed by atoms with E-state index in [-0.39, 0.29) is 42.9 Å². The lowest BCUT2D eigenvalue weighted by molar-refractivity contribution is -0.136. The molecule has 0 radical (unpaired) electrons. The number of rotatable bonds is 8. The molecule has 3 rings (SSSR count). The normalized spacial score (nSPS) is 24.9. The summed E-state index contributed by atoms with van der Waals surface area (Å²) in [5.41, 5.74) is 0.961. The molecule has 1 aromatic carbocycles. The van der Waals surface area contributed by atoms with Crippen LogP contribution in [0.4, 0.5) is 0 Å². The first-order valence-electron chi connectivity index (χ1n) is 9.55. The summed E-state index contributed by atoms with van der Waals surface area (Å²) >= 11 is 0. The van der Waals surface area contributed by atoms with Gasteiger partial charge in [0.25, 0.3) is 0 Å². The van der Waals surface area contributed by atoms with Crippen LogP contribution in [-0.2, 0) is 20.9 Å². The van der Waals surface area contributed by atoms with Crippen molar-refractivity contribution in [1.82, 2.24) is 10.6 Å². The van der Waals surface area contributed by atoms with Crippen LogP contribution in [0.25, 0.3) is 0 Å². The van der Waals surface area contributed by atoms with E-state index in [1.165, 1.54) is 0 Å². The fourth-order valence-electron chi connectivity index (χ4n) is 3.36. The number of aliphatic hydroxyl groups excluding tert-OH is 1. The van der Waals surface area contributed by atoms with Gasteiger partial charge in [-0.25, -0.2) is 0 Å². The van der Waals surface area contributed by atoms with Crippen molar-refractivity contribution in [3.8, 4) is 5.75 Å². The van der Waals surface area contributed by atoms with Crippen molar-refractivity contribution in [1.29, 1.82) is 0 Å². The van der Waals surface area contributed by atoms with Gasteiger partial charge in [-0.2, -0.15) is 0 Å². The van der Waals surface area contributed by atoms with Gasteiger partial charge in [-0.1, -0.05) is 12.1 Å². The van der Waals surface area contributed by atoms with E-state index in [4.69, 9.17) is 9.47 Å². The van der Waals surface area contributed by atoms with E-state index >= 15 is 0 Å². The number of benzene rings is 1. The molecular weight excluding hydrogens is 348 g/mol. The average molecular weight is 376 g/mol. The highest BCUT2D eigenvalue weighted by Gasteiger charge is 2.36. The van der Waals surface area contributed by atoms with Crippen LogP contribution in [0.3, 0.4) is 0 Å². The van der Waals surface area contributed by atoms with Crippen molar-refractivity contribution < 1.29 is 24.2 Å². The first kappa shape index (κ1) is 19.6. The first-order valence-corrected chi connectivity index (χ1v) is 9.55. The van der Waals surface area contributed by atoms with Gasteiger partial charge in [0.15, 0.2) is 0 Å². The molecule has 3 N–H and O–H groups in total. The number of ether oxygens (including phenoxy) is 2. The molecule has 7 nitrogen and oxygen atoms in total. The van der Waals surface area contributed by atoms with Gasteiger partial charge >= 0.3 is 0 Å². The summed E-state index contributed by atoms with van der Waals surface area (Å²) in [4.78, 5) is 24.2. The zero-order chi connectivity index (χ0) is 19.2.